The van der Waals surface area contributed by atoms with Crippen molar-refractivity contribution in [3.05, 3.63) is 29.8 Å². The van der Waals surface area contributed by atoms with E-state index in [1.807, 2.05) is 13.0 Å². The zero-order valence-electron chi connectivity index (χ0n) is 11.7. The van der Waals surface area contributed by atoms with Gasteiger partial charge in [0, 0.05) is 17.4 Å². The molecule has 0 aromatic heterocycles. The minimum absolute atomic E-state index is 0.0317. The molecule has 1 aromatic carbocycles. The third-order valence-corrected chi connectivity index (χ3v) is 4.50. The van der Waals surface area contributed by atoms with Gasteiger partial charge in [-0.1, -0.05) is 12.1 Å². The minimum atomic E-state index is -1.18. The summed E-state index contributed by atoms with van der Waals surface area (Å²) in [5.74, 6) is 0.909. The molecule has 1 aliphatic rings. The molecule has 5 heteroatoms. The third-order valence-electron chi connectivity index (χ3n) is 3.18. The van der Waals surface area contributed by atoms with Crippen molar-refractivity contribution < 1.29 is 18.5 Å². The molecule has 1 heterocycles. The molecule has 1 fully saturated rings. The zero-order chi connectivity index (χ0) is 14.4. The molecular formula is C15H20O4S. The van der Waals surface area contributed by atoms with Crippen molar-refractivity contribution in [3.8, 4) is 5.75 Å². The fourth-order valence-corrected chi connectivity index (χ4v) is 3.49. The van der Waals surface area contributed by atoms with Crippen LogP contribution in [0.2, 0.25) is 0 Å². The molecule has 20 heavy (non-hydrogen) atoms. The Morgan fingerprint density at radius 3 is 2.95 bits per heavy atom. The molecule has 0 amide bonds. The summed E-state index contributed by atoms with van der Waals surface area (Å²) >= 11 is 0. The second-order valence-corrected chi connectivity index (χ2v) is 6.24. The Kier molecular flexibility index (Phi) is 5.73. The average Bonchev–Trinajstić information content (AvgIpc) is 2.92. The van der Waals surface area contributed by atoms with E-state index >= 15 is 0 Å². The van der Waals surface area contributed by atoms with Gasteiger partial charge >= 0.3 is 0 Å². The van der Waals surface area contributed by atoms with Crippen LogP contribution in [0.3, 0.4) is 0 Å². The molecule has 0 radical (unpaired) electrons. The van der Waals surface area contributed by atoms with Gasteiger partial charge in [-0.3, -0.25) is 9.00 Å². The van der Waals surface area contributed by atoms with Gasteiger partial charge in [-0.25, -0.2) is 0 Å². The third kappa shape index (κ3) is 4.15. The number of rotatable bonds is 7. The van der Waals surface area contributed by atoms with Crippen molar-refractivity contribution in [3.63, 3.8) is 0 Å². The first-order valence-corrected chi connectivity index (χ1v) is 8.41. The van der Waals surface area contributed by atoms with E-state index in [-0.39, 0.29) is 17.6 Å². The van der Waals surface area contributed by atoms with Crippen molar-refractivity contribution in [1.29, 1.82) is 0 Å². The van der Waals surface area contributed by atoms with Crippen LogP contribution in [0.25, 0.3) is 0 Å². The highest BCUT2D eigenvalue weighted by Gasteiger charge is 2.21. The molecule has 2 unspecified atom stereocenters. The molecule has 2 atom stereocenters. The predicted molar refractivity (Wildman–Crippen MR) is 78.8 cm³/mol. The number of para-hydroxylation sites is 1. The molecule has 110 valence electrons. The van der Waals surface area contributed by atoms with Gasteiger partial charge in [0.1, 0.15) is 5.75 Å². The standard InChI is InChI=1S/C15H20O4S/c1-2-18-15-8-4-3-7-13(15)14(16)11-20(17)10-12-6-5-9-19-12/h3-4,7-8,12H,2,5-6,9-11H2,1H3. The van der Waals surface area contributed by atoms with Gasteiger partial charge in [0.2, 0.25) is 0 Å². The van der Waals surface area contributed by atoms with Gasteiger partial charge in [0.25, 0.3) is 0 Å². The summed E-state index contributed by atoms with van der Waals surface area (Å²) in [7, 11) is -1.18. The maximum Gasteiger partial charge on any atom is 0.179 e. The molecule has 1 saturated heterocycles. The van der Waals surface area contributed by atoms with E-state index in [1.165, 1.54) is 0 Å². The van der Waals surface area contributed by atoms with E-state index in [0.717, 1.165) is 19.4 Å². The number of hydrogen-bond donors (Lipinski definition) is 0. The highest BCUT2D eigenvalue weighted by Crippen LogP contribution is 2.19. The lowest BCUT2D eigenvalue weighted by molar-refractivity contribution is 0.101. The molecule has 0 saturated carbocycles. The molecule has 1 aliphatic heterocycles. The monoisotopic (exact) mass is 296 g/mol. The fourth-order valence-electron chi connectivity index (χ4n) is 2.24. The van der Waals surface area contributed by atoms with Crippen LogP contribution in [0.1, 0.15) is 30.1 Å². The van der Waals surface area contributed by atoms with Crippen LogP contribution in [-0.4, -0.2) is 40.8 Å². The molecule has 0 bridgehead atoms. The number of hydrogen-bond acceptors (Lipinski definition) is 4. The van der Waals surface area contributed by atoms with Crippen molar-refractivity contribution in [1.82, 2.24) is 0 Å². The topological polar surface area (TPSA) is 52.6 Å². The van der Waals surface area contributed by atoms with E-state index in [0.29, 0.717) is 23.7 Å². The molecule has 0 N–H and O–H groups in total. The molecule has 4 nitrogen and oxygen atoms in total. The number of ether oxygens (including phenoxy) is 2. The number of ketones is 1. The van der Waals surface area contributed by atoms with Crippen molar-refractivity contribution >= 4 is 16.6 Å². The number of benzene rings is 1. The van der Waals surface area contributed by atoms with E-state index in [9.17, 15) is 9.00 Å². The summed E-state index contributed by atoms with van der Waals surface area (Å²) in [5.41, 5.74) is 0.509. The largest absolute Gasteiger partial charge is 0.493 e. The number of carbonyl (C=O) groups excluding carboxylic acids is 1. The fraction of sp³-hybridized carbons (Fsp3) is 0.533. The molecule has 2 rings (SSSR count). The summed E-state index contributed by atoms with van der Waals surface area (Å²) in [6.45, 7) is 3.11. The van der Waals surface area contributed by atoms with E-state index in [4.69, 9.17) is 9.47 Å². The lowest BCUT2D eigenvalue weighted by Crippen LogP contribution is -2.21. The average molecular weight is 296 g/mol. The zero-order valence-corrected chi connectivity index (χ0v) is 12.5. The summed E-state index contributed by atoms with van der Waals surface area (Å²) < 4.78 is 22.9. The van der Waals surface area contributed by atoms with Gasteiger partial charge in [-0.2, -0.15) is 0 Å². The number of carbonyl (C=O) groups is 1. The lowest BCUT2D eigenvalue weighted by atomic mass is 10.1. The van der Waals surface area contributed by atoms with Crippen LogP contribution in [-0.2, 0) is 15.5 Å². The lowest BCUT2D eigenvalue weighted by Gasteiger charge is -2.10. The van der Waals surface area contributed by atoms with Crippen LogP contribution < -0.4 is 4.74 Å². The second kappa shape index (κ2) is 7.55. The van der Waals surface area contributed by atoms with Crippen molar-refractivity contribution in [2.45, 2.75) is 25.9 Å². The normalized spacial score (nSPS) is 19.8. The van der Waals surface area contributed by atoms with Crippen LogP contribution in [0, 0.1) is 0 Å². The first kappa shape index (κ1) is 15.2. The van der Waals surface area contributed by atoms with Gasteiger partial charge in [-0.15, -0.1) is 0 Å². The van der Waals surface area contributed by atoms with Crippen LogP contribution >= 0.6 is 0 Å². The molecule has 0 spiro atoms. The highest BCUT2D eigenvalue weighted by molar-refractivity contribution is 7.85. The van der Waals surface area contributed by atoms with Crippen LogP contribution in [0.4, 0.5) is 0 Å². The second-order valence-electron chi connectivity index (χ2n) is 4.74. The Morgan fingerprint density at radius 1 is 1.45 bits per heavy atom. The maximum absolute atomic E-state index is 12.2. The van der Waals surface area contributed by atoms with Crippen molar-refractivity contribution in [2.24, 2.45) is 0 Å². The van der Waals surface area contributed by atoms with E-state index in [2.05, 4.69) is 0 Å². The summed E-state index contributed by atoms with van der Waals surface area (Å²) in [6, 6.07) is 7.10. The smallest absolute Gasteiger partial charge is 0.179 e. The van der Waals surface area contributed by atoms with Gasteiger partial charge in [0.15, 0.2) is 5.78 Å². The highest BCUT2D eigenvalue weighted by atomic mass is 32.2. The van der Waals surface area contributed by atoms with Crippen LogP contribution in [0.5, 0.6) is 5.75 Å². The molecule has 0 aliphatic carbocycles. The predicted octanol–water partition coefficient (Wildman–Crippen LogP) is 2.20. The van der Waals surface area contributed by atoms with Gasteiger partial charge in [0.05, 0.1) is 29.8 Å². The molecule has 1 aromatic rings. The molecular weight excluding hydrogens is 276 g/mol. The first-order chi connectivity index (χ1) is 9.70. The van der Waals surface area contributed by atoms with Gasteiger partial charge in [-0.05, 0) is 31.9 Å². The summed E-state index contributed by atoms with van der Waals surface area (Å²) in [4.78, 5) is 12.2. The Labute approximate surface area is 121 Å². The Bertz CT molecular complexity index is 481. The SMILES string of the molecule is CCOc1ccccc1C(=O)CS(=O)CC1CCCO1. The Morgan fingerprint density at radius 2 is 2.25 bits per heavy atom. The quantitative estimate of drug-likeness (QED) is 0.724. The summed E-state index contributed by atoms with van der Waals surface area (Å²) in [5, 5.41) is 0. The Hall–Kier alpha value is -1.20. The number of Topliss-reactive ketones (excluding diaryl/α,β-unsaturated/α-hetero) is 1. The first-order valence-electron chi connectivity index (χ1n) is 6.92. The Balaban J connectivity index is 1.95. The maximum atomic E-state index is 12.2. The van der Waals surface area contributed by atoms with Crippen molar-refractivity contribution in [2.75, 3.05) is 24.7 Å². The van der Waals surface area contributed by atoms with E-state index in [1.54, 1.807) is 18.2 Å². The van der Waals surface area contributed by atoms with Crippen LogP contribution in [0.15, 0.2) is 24.3 Å². The van der Waals surface area contributed by atoms with Gasteiger partial charge < -0.3 is 9.47 Å². The minimum Gasteiger partial charge on any atom is -0.493 e. The van der Waals surface area contributed by atoms with E-state index < -0.39 is 10.8 Å². The summed E-state index contributed by atoms with van der Waals surface area (Å²) in [6.07, 6.45) is 2.00.